The maximum Gasteiger partial charge on any atom is 0.337 e. The molecule has 1 aliphatic carbocycles. The molecule has 0 saturated heterocycles. The van der Waals surface area contributed by atoms with Crippen LogP contribution in [0.4, 0.5) is 0 Å². The van der Waals surface area contributed by atoms with E-state index in [9.17, 15) is 9.59 Å². The van der Waals surface area contributed by atoms with E-state index >= 15 is 0 Å². The van der Waals surface area contributed by atoms with Crippen LogP contribution < -0.4 is 0 Å². The zero-order valence-electron chi connectivity index (χ0n) is 11.2. The van der Waals surface area contributed by atoms with Crippen LogP contribution in [0.25, 0.3) is 0 Å². The van der Waals surface area contributed by atoms with E-state index in [2.05, 4.69) is 4.98 Å². The Hall–Kier alpha value is -1.91. The molecule has 1 saturated carbocycles. The molecule has 0 atom stereocenters. The van der Waals surface area contributed by atoms with E-state index in [1.807, 2.05) is 11.8 Å². The fourth-order valence-electron chi connectivity index (χ4n) is 2.13. The Morgan fingerprint density at radius 3 is 2.58 bits per heavy atom. The third-order valence-corrected chi connectivity index (χ3v) is 3.25. The van der Waals surface area contributed by atoms with Crippen molar-refractivity contribution in [1.29, 1.82) is 0 Å². The molecule has 0 spiro atoms. The molecule has 102 valence electrons. The second-order valence-corrected chi connectivity index (χ2v) is 4.86. The number of aromatic nitrogens is 1. The molecule has 1 aromatic rings. The van der Waals surface area contributed by atoms with E-state index in [0.29, 0.717) is 17.4 Å². The lowest BCUT2D eigenvalue weighted by molar-refractivity contribution is 0.0690. The number of amides is 1. The molecule has 1 N–H and O–H groups in total. The lowest BCUT2D eigenvalue weighted by Crippen LogP contribution is -2.34. The van der Waals surface area contributed by atoms with Crippen molar-refractivity contribution in [2.24, 2.45) is 0 Å². The van der Waals surface area contributed by atoms with Gasteiger partial charge in [-0.1, -0.05) is 6.92 Å². The van der Waals surface area contributed by atoms with Crippen LogP contribution in [0.15, 0.2) is 12.1 Å². The highest BCUT2D eigenvalue weighted by Crippen LogP contribution is 2.28. The molecule has 5 heteroatoms. The Kier molecular flexibility index (Phi) is 3.83. The summed E-state index contributed by atoms with van der Waals surface area (Å²) < 4.78 is 0. The average Bonchev–Trinajstić information content (AvgIpc) is 3.18. The number of nitrogens with zero attached hydrogens (tertiary/aromatic N) is 2. The standard InChI is InChI=1S/C14H18N2O3/c1-3-8-16(10-4-5-10)13(17)12-7-6-11(14(18)19)9(2)15-12/h6-7,10H,3-5,8H2,1-2H3,(H,18,19). The normalized spacial score (nSPS) is 14.2. The van der Waals surface area contributed by atoms with E-state index in [4.69, 9.17) is 5.11 Å². The van der Waals surface area contributed by atoms with Crippen molar-refractivity contribution in [3.8, 4) is 0 Å². The summed E-state index contributed by atoms with van der Waals surface area (Å²) >= 11 is 0. The molecular formula is C14H18N2O3. The van der Waals surface area contributed by atoms with E-state index < -0.39 is 5.97 Å². The highest BCUT2D eigenvalue weighted by atomic mass is 16.4. The van der Waals surface area contributed by atoms with Crippen LogP contribution in [-0.4, -0.2) is 39.5 Å². The number of carbonyl (C=O) groups excluding carboxylic acids is 1. The average molecular weight is 262 g/mol. The van der Waals surface area contributed by atoms with Crippen molar-refractivity contribution in [2.75, 3.05) is 6.54 Å². The molecule has 1 amide bonds. The number of carboxylic acids is 1. The van der Waals surface area contributed by atoms with E-state index in [0.717, 1.165) is 25.8 Å². The van der Waals surface area contributed by atoms with Crippen molar-refractivity contribution >= 4 is 11.9 Å². The van der Waals surface area contributed by atoms with Gasteiger partial charge in [-0.2, -0.15) is 0 Å². The van der Waals surface area contributed by atoms with Crippen LogP contribution in [0.3, 0.4) is 0 Å². The first-order chi connectivity index (χ1) is 9.04. The Balaban J connectivity index is 2.23. The quantitative estimate of drug-likeness (QED) is 0.882. The van der Waals surface area contributed by atoms with Crippen LogP contribution in [0.5, 0.6) is 0 Å². The zero-order valence-corrected chi connectivity index (χ0v) is 11.2. The molecule has 0 radical (unpaired) electrons. The minimum absolute atomic E-state index is 0.0932. The summed E-state index contributed by atoms with van der Waals surface area (Å²) in [7, 11) is 0. The maximum atomic E-state index is 12.4. The summed E-state index contributed by atoms with van der Waals surface area (Å²) in [5, 5.41) is 8.95. The summed E-state index contributed by atoms with van der Waals surface area (Å²) in [6.45, 7) is 4.38. The number of carbonyl (C=O) groups is 2. The molecule has 0 bridgehead atoms. The number of aryl methyl sites for hydroxylation is 1. The van der Waals surface area contributed by atoms with Crippen LogP contribution in [0, 0.1) is 6.92 Å². The van der Waals surface area contributed by atoms with Gasteiger partial charge < -0.3 is 10.0 Å². The molecule has 0 unspecified atom stereocenters. The number of pyridine rings is 1. The Morgan fingerprint density at radius 1 is 1.42 bits per heavy atom. The monoisotopic (exact) mass is 262 g/mol. The van der Waals surface area contributed by atoms with Gasteiger partial charge >= 0.3 is 5.97 Å². The first-order valence-electron chi connectivity index (χ1n) is 6.56. The summed E-state index contributed by atoms with van der Waals surface area (Å²) in [5.74, 6) is -1.11. The second-order valence-electron chi connectivity index (χ2n) is 4.86. The van der Waals surface area contributed by atoms with Gasteiger partial charge in [-0.15, -0.1) is 0 Å². The van der Waals surface area contributed by atoms with E-state index in [1.54, 1.807) is 6.92 Å². The summed E-state index contributed by atoms with van der Waals surface area (Å²) in [4.78, 5) is 29.3. The number of hydrogen-bond donors (Lipinski definition) is 1. The topological polar surface area (TPSA) is 70.5 Å². The molecule has 5 nitrogen and oxygen atoms in total. The molecule has 1 aromatic heterocycles. The number of rotatable bonds is 5. The van der Waals surface area contributed by atoms with Gasteiger partial charge in [0, 0.05) is 12.6 Å². The van der Waals surface area contributed by atoms with Crippen molar-refractivity contribution in [3.05, 3.63) is 29.1 Å². The Bertz CT molecular complexity index is 509. The highest BCUT2D eigenvalue weighted by Gasteiger charge is 2.33. The molecule has 1 aliphatic rings. The van der Waals surface area contributed by atoms with Crippen molar-refractivity contribution in [1.82, 2.24) is 9.88 Å². The van der Waals surface area contributed by atoms with Gasteiger partial charge in [0.2, 0.25) is 0 Å². The van der Waals surface area contributed by atoms with Crippen LogP contribution in [0.1, 0.15) is 52.7 Å². The summed E-state index contributed by atoms with van der Waals surface area (Å²) in [5.41, 5.74) is 0.860. The predicted molar refractivity (Wildman–Crippen MR) is 70.3 cm³/mol. The SMILES string of the molecule is CCCN(C(=O)c1ccc(C(=O)O)c(C)n1)C1CC1. The highest BCUT2D eigenvalue weighted by molar-refractivity contribution is 5.94. The first-order valence-corrected chi connectivity index (χ1v) is 6.56. The van der Waals surface area contributed by atoms with E-state index in [-0.39, 0.29) is 11.5 Å². The van der Waals surface area contributed by atoms with Gasteiger partial charge in [-0.05, 0) is 38.3 Å². The fourth-order valence-corrected chi connectivity index (χ4v) is 2.13. The van der Waals surface area contributed by atoms with Gasteiger partial charge in [-0.3, -0.25) is 4.79 Å². The molecule has 0 aliphatic heterocycles. The summed E-state index contributed by atoms with van der Waals surface area (Å²) in [6.07, 6.45) is 3.02. The van der Waals surface area contributed by atoms with Crippen LogP contribution in [-0.2, 0) is 0 Å². The van der Waals surface area contributed by atoms with Gasteiger partial charge in [0.15, 0.2) is 0 Å². The molecule has 1 fully saturated rings. The lowest BCUT2D eigenvalue weighted by Gasteiger charge is -2.21. The van der Waals surface area contributed by atoms with Gasteiger partial charge in [0.1, 0.15) is 5.69 Å². The van der Waals surface area contributed by atoms with Crippen LogP contribution in [0.2, 0.25) is 0 Å². The Morgan fingerprint density at radius 2 is 2.11 bits per heavy atom. The molecule has 1 heterocycles. The smallest absolute Gasteiger partial charge is 0.337 e. The number of aromatic carboxylic acids is 1. The molecular weight excluding hydrogens is 244 g/mol. The number of hydrogen-bond acceptors (Lipinski definition) is 3. The lowest BCUT2D eigenvalue weighted by atomic mass is 10.1. The third kappa shape index (κ3) is 2.92. The molecule has 19 heavy (non-hydrogen) atoms. The van der Waals surface area contributed by atoms with Crippen molar-refractivity contribution in [3.63, 3.8) is 0 Å². The van der Waals surface area contributed by atoms with E-state index in [1.165, 1.54) is 12.1 Å². The first kappa shape index (κ1) is 13.5. The van der Waals surface area contributed by atoms with Crippen LogP contribution >= 0.6 is 0 Å². The number of carboxylic acid groups (broad SMARTS) is 1. The Labute approximate surface area is 112 Å². The zero-order chi connectivity index (χ0) is 14.0. The maximum absolute atomic E-state index is 12.4. The largest absolute Gasteiger partial charge is 0.478 e. The minimum atomic E-state index is -1.02. The molecule has 2 rings (SSSR count). The molecule has 0 aromatic carbocycles. The second kappa shape index (κ2) is 5.38. The minimum Gasteiger partial charge on any atom is -0.478 e. The van der Waals surface area contributed by atoms with Gasteiger partial charge in [-0.25, -0.2) is 9.78 Å². The van der Waals surface area contributed by atoms with Gasteiger partial charge in [0.05, 0.1) is 11.3 Å². The third-order valence-electron chi connectivity index (χ3n) is 3.25. The fraction of sp³-hybridized carbons (Fsp3) is 0.500. The summed E-state index contributed by atoms with van der Waals surface area (Å²) in [6, 6.07) is 3.30. The van der Waals surface area contributed by atoms with Gasteiger partial charge in [0.25, 0.3) is 5.91 Å². The van der Waals surface area contributed by atoms with Crippen molar-refractivity contribution < 1.29 is 14.7 Å². The van der Waals surface area contributed by atoms with Crippen molar-refractivity contribution in [2.45, 2.75) is 39.2 Å². The predicted octanol–water partition coefficient (Wildman–Crippen LogP) is 2.10.